The molecule has 4 rings (SSSR count). The largest absolute Gasteiger partial charge is 0.483 e. The number of likely N-dealkylation sites (tertiary alicyclic amines) is 2. The normalized spacial score (nSPS) is 22.3. The number of carbonyl (C=O) groups excluding carboxylic acids is 1. The highest BCUT2D eigenvalue weighted by Gasteiger charge is 2.50. The number of ether oxygens (including phenoxy) is 2. The Balaban J connectivity index is 0.000000655. The van der Waals surface area contributed by atoms with E-state index in [9.17, 15) is 9.90 Å². The lowest BCUT2D eigenvalue weighted by Crippen LogP contribution is -2.44. The number of nitrogens with zero attached hydrogens (tertiary/aromatic N) is 2. The molecule has 3 aliphatic heterocycles. The lowest BCUT2D eigenvalue weighted by molar-refractivity contribution is -0.151. The second kappa shape index (κ2) is 15.5. The molecule has 0 saturated carbocycles. The second-order valence-electron chi connectivity index (χ2n) is 9.13. The standard InChI is InChI=1S/C23H34N2O4.2CH2O2/c26-20-6-10-25(11-7-20)17-21-16-23(22(27)29-21)8-12-24(13-9-23)14-15-28-18-19-4-2-1-3-5-19;2*2-1-3/h1-5,20-21,26H,6-18H2;2*1H,(H,2,3). The highest BCUT2D eigenvalue weighted by atomic mass is 16.6. The van der Waals surface area contributed by atoms with Crippen molar-refractivity contribution in [3.8, 4) is 0 Å². The van der Waals surface area contributed by atoms with Crippen molar-refractivity contribution in [3.63, 3.8) is 0 Å². The van der Waals surface area contributed by atoms with Crippen LogP contribution in [0.15, 0.2) is 30.3 Å². The van der Waals surface area contributed by atoms with Gasteiger partial charge in [-0.2, -0.15) is 0 Å². The predicted octanol–water partition coefficient (Wildman–Crippen LogP) is 1.46. The molecular formula is C25H38N2O8. The molecule has 3 aliphatic rings. The Morgan fingerprint density at radius 1 is 1.00 bits per heavy atom. The molecule has 10 nitrogen and oxygen atoms in total. The van der Waals surface area contributed by atoms with E-state index in [2.05, 4.69) is 21.9 Å². The van der Waals surface area contributed by atoms with Crippen LogP contribution < -0.4 is 0 Å². The van der Waals surface area contributed by atoms with Crippen LogP contribution in [0.2, 0.25) is 0 Å². The zero-order chi connectivity index (χ0) is 25.5. The maximum atomic E-state index is 12.7. The summed E-state index contributed by atoms with van der Waals surface area (Å²) in [5.41, 5.74) is 0.925. The summed E-state index contributed by atoms with van der Waals surface area (Å²) in [6, 6.07) is 10.2. The van der Waals surface area contributed by atoms with Gasteiger partial charge in [0, 0.05) is 32.6 Å². The lowest BCUT2D eigenvalue weighted by atomic mass is 9.76. The Morgan fingerprint density at radius 3 is 2.20 bits per heavy atom. The molecule has 1 aromatic rings. The number of piperidine rings is 2. The number of carboxylic acid groups (broad SMARTS) is 2. The second-order valence-corrected chi connectivity index (χ2v) is 9.13. The summed E-state index contributed by atoms with van der Waals surface area (Å²) in [6.07, 6.45) is 4.13. The fourth-order valence-corrected chi connectivity index (χ4v) is 4.90. The zero-order valence-electron chi connectivity index (χ0n) is 20.2. The summed E-state index contributed by atoms with van der Waals surface area (Å²) >= 11 is 0. The molecule has 0 amide bonds. The first-order valence-corrected chi connectivity index (χ1v) is 12.1. The lowest BCUT2D eigenvalue weighted by Gasteiger charge is -2.36. The van der Waals surface area contributed by atoms with Crippen molar-refractivity contribution < 1.29 is 39.2 Å². The van der Waals surface area contributed by atoms with Crippen LogP contribution in [0.3, 0.4) is 0 Å². The molecule has 3 heterocycles. The van der Waals surface area contributed by atoms with Gasteiger partial charge >= 0.3 is 5.97 Å². The van der Waals surface area contributed by atoms with Gasteiger partial charge in [-0.1, -0.05) is 30.3 Å². The van der Waals surface area contributed by atoms with E-state index in [0.717, 1.165) is 78.0 Å². The first-order chi connectivity index (χ1) is 17.0. The first kappa shape index (κ1) is 28.7. The van der Waals surface area contributed by atoms with Crippen molar-refractivity contribution in [3.05, 3.63) is 35.9 Å². The highest BCUT2D eigenvalue weighted by molar-refractivity contribution is 5.79. The van der Waals surface area contributed by atoms with Gasteiger partial charge in [0.15, 0.2) is 0 Å². The van der Waals surface area contributed by atoms with Gasteiger partial charge in [-0.15, -0.1) is 0 Å². The number of cyclic esters (lactones) is 1. The van der Waals surface area contributed by atoms with Crippen molar-refractivity contribution in [1.82, 2.24) is 9.80 Å². The van der Waals surface area contributed by atoms with Crippen LogP contribution in [0.25, 0.3) is 0 Å². The van der Waals surface area contributed by atoms with Gasteiger partial charge in [0.1, 0.15) is 6.10 Å². The van der Waals surface area contributed by atoms with Gasteiger partial charge in [-0.05, 0) is 44.3 Å². The number of rotatable bonds is 7. The summed E-state index contributed by atoms with van der Waals surface area (Å²) in [5, 5.41) is 23.4. The molecule has 0 radical (unpaired) electrons. The van der Waals surface area contributed by atoms with Crippen molar-refractivity contribution in [2.45, 2.75) is 50.9 Å². The number of aliphatic hydroxyl groups excluding tert-OH is 1. The smallest absolute Gasteiger partial charge is 0.312 e. The van der Waals surface area contributed by atoms with E-state index in [1.165, 1.54) is 5.56 Å². The van der Waals surface area contributed by atoms with Gasteiger partial charge in [0.25, 0.3) is 12.9 Å². The Kier molecular flexibility index (Phi) is 12.7. The topological polar surface area (TPSA) is 137 Å². The van der Waals surface area contributed by atoms with Crippen LogP contribution >= 0.6 is 0 Å². The molecule has 0 aromatic heterocycles. The molecule has 1 aromatic carbocycles. The molecule has 3 fully saturated rings. The zero-order valence-corrected chi connectivity index (χ0v) is 20.2. The van der Waals surface area contributed by atoms with Crippen LogP contribution in [-0.2, 0) is 30.5 Å². The van der Waals surface area contributed by atoms with Gasteiger partial charge in [-0.3, -0.25) is 19.3 Å². The van der Waals surface area contributed by atoms with E-state index in [4.69, 9.17) is 29.3 Å². The monoisotopic (exact) mass is 494 g/mol. The SMILES string of the molecule is O=C1OC(CN2CCC(O)CC2)CC12CCN(CCOCc1ccccc1)CC2.O=CO.O=CO. The summed E-state index contributed by atoms with van der Waals surface area (Å²) in [7, 11) is 0. The maximum absolute atomic E-state index is 12.7. The number of hydrogen-bond donors (Lipinski definition) is 3. The fourth-order valence-electron chi connectivity index (χ4n) is 4.90. The number of carbonyl (C=O) groups is 3. The predicted molar refractivity (Wildman–Crippen MR) is 128 cm³/mol. The average molecular weight is 495 g/mol. The van der Waals surface area contributed by atoms with Crippen LogP contribution in [-0.4, -0.2) is 102 Å². The van der Waals surface area contributed by atoms with E-state index in [1.807, 2.05) is 18.2 Å². The Bertz CT molecular complexity index is 741. The highest BCUT2D eigenvalue weighted by Crippen LogP contribution is 2.43. The summed E-state index contributed by atoms with van der Waals surface area (Å²) in [5.74, 6) is 0.0134. The Morgan fingerprint density at radius 2 is 1.60 bits per heavy atom. The van der Waals surface area contributed by atoms with E-state index >= 15 is 0 Å². The van der Waals surface area contributed by atoms with Gasteiger partial charge in [-0.25, -0.2) is 0 Å². The number of hydrogen-bond acceptors (Lipinski definition) is 8. The molecule has 196 valence electrons. The molecular weight excluding hydrogens is 456 g/mol. The quantitative estimate of drug-likeness (QED) is 0.290. The molecule has 35 heavy (non-hydrogen) atoms. The molecule has 3 N–H and O–H groups in total. The van der Waals surface area contributed by atoms with Gasteiger partial charge in [0.2, 0.25) is 0 Å². The fraction of sp³-hybridized carbons (Fsp3) is 0.640. The molecule has 10 heteroatoms. The third-order valence-electron chi connectivity index (χ3n) is 6.82. The molecule has 1 atom stereocenters. The molecule has 0 aliphatic carbocycles. The third-order valence-corrected chi connectivity index (χ3v) is 6.82. The van der Waals surface area contributed by atoms with Crippen LogP contribution in [0.1, 0.15) is 37.7 Å². The van der Waals surface area contributed by atoms with E-state index in [1.54, 1.807) is 0 Å². The summed E-state index contributed by atoms with van der Waals surface area (Å²) < 4.78 is 11.6. The minimum absolute atomic E-state index is 0.0125. The van der Waals surface area contributed by atoms with Gasteiger partial charge in [0.05, 0.1) is 24.7 Å². The van der Waals surface area contributed by atoms with Crippen LogP contribution in [0.5, 0.6) is 0 Å². The number of esters is 1. The van der Waals surface area contributed by atoms with Crippen molar-refractivity contribution >= 4 is 18.9 Å². The minimum Gasteiger partial charge on any atom is -0.483 e. The maximum Gasteiger partial charge on any atom is 0.312 e. The van der Waals surface area contributed by atoms with E-state index in [0.29, 0.717) is 6.61 Å². The Hall–Kier alpha value is -2.53. The minimum atomic E-state index is -0.276. The van der Waals surface area contributed by atoms with Crippen LogP contribution in [0.4, 0.5) is 0 Å². The number of aliphatic hydroxyl groups is 1. The van der Waals surface area contributed by atoms with Gasteiger partial charge < -0.3 is 29.7 Å². The first-order valence-electron chi connectivity index (χ1n) is 12.1. The van der Waals surface area contributed by atoms with E-state index in [-0.39, 0.29) is 36.5 Å². The average Bonchev–Trinajstić information content (AvgIpc) is 3.15. The molecule has 3 saturated heterocycles. The van der Waals surface area contributed by atoms with Crippen molar-refractivity contribution in [2.75, 3.05) is 45.9 Å². The Labute approximate surface area is 206 Å². The third kappa shape index (κ3) is 9.56. The number of benzene rings is 1. The molecule has 1 spiro atoms. The van der Waals surface area contributed by atoms with Crippen molar-refractivity contribution in [2.24, 2.45) is 5.41 Å². The molecule has 0 bridgehead atoms. The van der Waals surface area contributed by atoms with Crippen LogP contribution in [0, 0.1) is 5.41 Å². The van der Waals surface area contributed by atoms with E-state index < -0.39 is 0 Å². The molecule has 1 unspecified atom stereocenters. The van der Waals surface area contributed by atoms with Crippen molar-refractivity contribution in [1.29, 1.82) is 0 Å². The summed E-state index contributed by atoms with van der Waals surface area (Å²) in [4.78, 5) is 34.1. The summed E-state index contributed by atoms with van der Waals surface area (Å²) in [6.45, 7) is 6.28.